The molecule has 100 valence electrons. The largest absolute Gasteiger partial charge is 0.366 e. The van der Waals surface area contributed by atoms with E-state index >= 15 is 0 Å². The van der Waals surface area contributed by atoms with Crippen LogP contribution in [-0.4, -0.2) is 12.1 Å². The van der Waals surface area contributed by atoms with Gasteiger partial charge in [0.1, 0.15) is 0 Å². The highest BCUT2D eigenvalue weighted by Gasteiger charge is 2.34. The summed E-state index contributed by atoms with van der Waals surface area (Å²) >= 11 is 0. The highest BCUT2D eigenvalue weighted by atomic mass is 15.2. The number of benzene rings is 1. The minimum absolute atomic E-state index is 0.300. The van der Waals surface area contributed by atoms with Gasteiger partial charge in [0.25, 0.3) is 0 Å². The lowest BCUT2D eigenvalue weighted by Gasteiger charge is -2.34. The second kappa shape index (κ2) is 5.77. The number of anilines is 1. The van der Waals surface area contributed by atoms with Gasteiger partial charge in [-0.3, -0.25) is 0 Å². The molecule has 0 spiro atoms. The first-order valence-corrected chi connectivity index (χ1v) is 7.51. The number of rotatable bonds is 6. The zero-order valence-corrected chi connectivity index (χ0v) is 12.2. The standard InChI is InChI=1S/C17H27N/c1-4-5-6-7-10-13-18-16-12-9-8-11-15(16)14-17(18,2)3/h8-9,11-12H,4-7,10,13-14H2,1-3H3. The van der Waals surface area contributed by atoms with Crippen LogP contribution in [-0.2, 0) is 6.42 Å². The van der Waals surface area contributed by atoms with Gasteiger partial charge in [0, 0.05) is 17.8 Å². The molecule has 1 aromatic rings. The van der Waals surface area contributed by atoms with E-state index in [1.165, 1.54) is 56.3 Å². The molecule has 0 atom stereocenters. The van der Waals surface area contributed by atoms with E-state index in [0.29, 0.717) is 5.54 Å². The lowest BCUT2D eigenvalue weighted by atomic mass is 9.99. The van der Waals surface area contributed by atoms with Gasteiger partial charge in [-0.25, -0.2) is 0 Å². The van der Waals surface area contributed by atoms with Crippen molar-refractivity contribution in [3.63, 3.8) is 0 Å². The third-order valence-electron chi connectivity index (χ3n) is 4.12. The van der Waals surface area contributed by atoms with Crippen LogP contribution in [0.15, 0.2) is 24.3 Å². The molecule has 1 heteroatoms. The molecule has 0 radical (unpaired) electrons. The first-order valence-electron chi connectivity index (χ1n) is 7.51. The van der Waals surface area contributed by atoms with Gasteiger partial charge in [0.15, 0.2) is 0 Å². The lowest BCUT2D eigenvalue weighted by molar-refractivity contribution is 0.473. The quantitative estimate of drug-likeness (QED) is 0.651. The molecule has 0 aromatic heterocycles. The van der Waals surface area contributed by atoms with Crippen molar-refractivity contribution in [3.05, 3.63) is 29.8 Å². The number of nitrogens with zero attached hydrogens (tertiary/aromatic N) is 1. The molecule has 2 rings (SSSR count). The topological polar surface area (TPSA) is 3.24 Å². The fourth-order valence-electron chi connectivity index (χ4n) is 3.11. The Labute approximate surface area is 112 Å². The van der Waals surface area contributed by atoms with E-state index in [4.69, 9.17) is 0 Å². The Bertz CT molecular complexity index is 381. The highest BCUT2D eigenvalue weighted by molar-refractivity contribution is 5.61. The maximum absolute atomic E-state index is 2.62. The molecule has 0 amide bonds. The minimum Gasteiger partial charge on any atom is -0.366 e. The van der Waals surface area contributed by atoms with Gasteiger partial charge in [-0.15, -0.1) is 0 Å². The van der Waals surface area contributed by atoms with E-state index in [-0.39, 0.29) is 0 Å². The van der Waals surface area contributed by atoms with Crippen LogP contribution >= 0.6 is 0 Å². The molecule has 1 aromatic carbocycles. The lowest BCUT2D eigenvalue weighted by Crippen LogP contribution is -2.41. The summed E-state index contributed by atoms with van der Waals surface area (Å²) in [5.41, 5.74) is 3.29. The van der Waals surface area contributed by atoms with Crippen LogP contribution in [0.25, 0.3) is 0 Å². The zero-order chi connectivity index (χ0) is 13.0. The molecule has 0 saturated heterocycles. The predicted molar refractivity (Wildman–Crippen MR) is 80.3 cm³/mol. The van der Waals surface area contributed by atoms with Crippen molar-refractivity contribution < 1.29 is 0 Å². The number of hydrogen-bond acceptors (Lipinski definition) is 1. The molecule has 1 nitrogen and oxygen atoms in total. The summed E-state index contributed by atoms with van der Waals surface area (Å²) in [6.45, 7) is 8.24. The van der Waals surface area contributed by atoms with E-state index in [1.807, 2.05) is 0 Å². The van der Waals surface area contributed by atoms with Crippen LogP contribution in [0.5, 0.6) is 0 Å². The van der Waals surface area contributed by atoms with Crippen molar-refractivity contribution in [1.29, 1.82) is 0 Å². The fraction of sp³-hybridized carbons (Fsp3) is 0.647. The summed E-state index contributed by atoms with van der Waals surface area (Å²) in [6, 6.07) is 8.91. The average Bonchev–Trinajstić information content (AvgIpc) is 2.60. The fourth-order valence-corrected chi connectivity index (χ4v) is 3.11. The van der Waals surface area contributed by atoms with E-state index in [0.717, 1.165) is 0 Å². The third kappa shape index (κ3) is 2.88. The summed E-state index contributed by atoms with van der Waals surface area (Å²) in [7, 11) is 0. The second-order valence-corrected chi connectivity index (χ2v) is 6.18. The Kier molecular flexibility index (Phi) is 4.31. The maximum Gasteiger partial charge on any atom is 0.0404 e. The molecule has 0 saturated carbocycles. The van der Waals surface area contributed by atoms with E-state index in [1.54, 1.807) is 0 Å². The molecular weight excluding hydrogens is 218 g/mol. The Hall–Kier alpha value is -0.980. The van der Waals surface area contributed by atoms with E-state index in [2.05, 4.69) is 49.9 Å². The molecule has 0 unspecified atom stereocenters. The summed E-state index contributed by atoms with van der Waals surface area (Å²) in [4.78, 5) is 2.62. The molecule has 0 aliphatic carbocycles. The zero-order valence-electron chi connectivity index (χ0n) is 12.2. The predicted octanol–water partition coefficient (Wildman–Crippen LogP) is 4.80. The van der Waals surface area contributed by atoms with Gasteiger partial charge in [-0.05, 0) is 38.3 Å². The first-order chi connectivity index (χ1) is 8.65. The Morgan fingerprint density at radius 2 is 1.78 bits per heavy atom. The smallest absolute Gasteiger partial charge is 0.0404 e. The molecule has 0 bridgehead atoms. The van der Waals surface area contributed by atoms with Crippen molar-refractivity contribution in [2.45, 2.75) is 64.8 Å². The van der Waals surface area contributed by atoms with Gasteiger partial charge in [-0.2, -0.15) is 0 Å². The van der Waals surface area contributed by atoms with Crippen LogP contribution in [0.4, 0.5) is 5.69 Å². The minimum atomic E-state index is 0.300. The van der Waals surface area contributed by atoms with E-state index in [9.17, 15) is 0 Å². The average molecular weight is 245 g/mol. The third-order valence-corrected chi connectivity index (χ3v) is 4.12. The van der Waals surface area contributed by atoms with Crippen molar-refractivity contribution in [2.75, 3.05) is 11.4 Å². The summed E-state index contributed by atoms with van der Waals surface area (Å²) < 4.78 is 0. The molecule has 1 aliphatic rings. The van der Waals surface area contributed by atoms with Gasteiger partial charge in [0.05, 0.1) is 0 Å². The SMILES string of the molecule is CCCCCCCN1c2ccccc2CC1(C)C. The Morgan fingerprint density at radius 1 is 1.06 bits per heavy atom. The van der Waals surface area contributed by atoms with Gasteiger partial charge in [0.2, 0.25) is 0 Å². The summed E-state index contributed by atoms with van der Waals surface area (Å²) in [5, 5.41) is 0. The number of para-hydroxylation sites is 1. The first kappa shape index (κ1) is 13.5. The molecule has 1 heterocycles. The van der Waals surface area contributed by atoms with Gasteiger partial charge in [-0.1, -0.05) is 50.8 Å². The normalized spacial score (nSPS) is 16.9. The molecule has 0 fully saturated rings. The molecule has 0 N–H and O–H groups in total. The van der Waals surface area contributed by atoms with Crippen molar-refractivity contribution in [3.8, 4) is 0 Å². The Morgan fingerprint density at radius 3 is 2.56 bits per heavy atom. The monoisotopic (exact) mass is 245 g/mol. The van der Waals surface area contributed by atoms with Crippen molar-refractivity contribution in [2.24, 2.45) is 0 Å². The van der Waals surface area contributed by atoms with Crippen LogP contribution in [0, 0.1) is 0 Å². The number of hydrogen-bond donors (Lipinski definition) is 0. The molecular formula is C17H27N. The second-order valence-electron chi connectivity index (χ2n) is 6.18. The summed E-state index contributed by atoms with van der Waals surface area (Å²) in [5.74, 6) is 0. The highest BCUT2D eigenvalue weighted by Crippen LogP contribution is 2.38. The maximum atomic E-state index is 2.62. The molecule has 18 heavy (non-hydrogen) atoms. The van der Waals surface area contributed by atoms with E-state index < -0.39 is 0 Å². The number of fused-ring (bicyclic) bond motifs is 1. The Balaban J connectivity index is 1.94. The molecule has 1 aliphatic heterocycles. The van der Waals surface area contributed by atoms with Gasteiger partial charge >= 0.3 is 0 Å². The van der Waals surface area contributed by atoms with Gasteiger partial charge < -0.3 is 4.90 Å². The van der Waals surface area contributed by atoms with Crippen LogP contribution in [0.1, 0.15) is 58.4 Å². The van der Waals surface area contributed by atoms with Crippen molar-refractivity contribution >= 4 is 5.69 Å². The van der Waals surface area contributed by atoms with Crippen molar-refractivity contribution in [1.82, 2.24) is 0 Å². The van der Waals surface area contributed by atoms with Crippen LogP contribution < -0.4 is 4.90 Å². The van der Waals surface area contributed by atoms with Crippen LogP contribution in [0.3, 0.4) is 0 Å². The van der Waals surface area contributed by atoms with Crippen LogP contribution in [0.2, 0.25) is 0 Å². The summed E-state index contributed by atoms with van der Waals surface area (Å²) in [6.07, 6.45) is 8.02. The number of unbranched alkanes of at least 4 members (excludes halogenated alkanes) is 4.